The lowest BCUT2D eigenvalue weighted by Crippen LogP contribution is -2.26. The first kappa shape index (κ1) is 21.0. The molecule has 11 nitrogen and oxygen atoms in total. The summed E-state index contributed by atoms with van der Waals surface area (Å²) >= 11 is 0. The first-order valence-electron chi connectivity index (χ1n) is 9.26. The first-order valence-corrected chi connectivity index (χ1v) is 9.26. The molecule has 0 aliphatic heterocycles. The minimum absolute atomic E-state index is 0.188. The molecule has 2 unspecified atom stereocenters. The maximum Gasteiger partial charge on any atom is 0.305 e. The van der Waals surface area contributed by atoms with Crippen molar-refractivity contribution in [1.29, 1.82) is 0 Å². The number of nitro benzene ring substituents is 2. The number of carbonyl (C=O) groups excluding carboxylic acids is 1. The van der Waals surface area contributed by atoms with Gasteiger partial charge in [0.2, 0.25) is 11.6 Å². The topological polar surface area (TPSA) is 139 Å². The van der Waals surface area contributed by atoms with E-state index >= 15 is 0 Å². The van der Waals surface area contributed by atoms with E-state index in [1.807, 2.05) is 0 Å². The van der Waals surface area contributed by atoms with Gasteiger partial charge in [-0.1, -0.05) is 0 Å². The molecule has 2 aromatic heterocycles. The van der Waals surface area contributed by atoms with E-state index in [0.29, 0.717) is 0 Å². The molecule has 0 saturated heterocycles. The van der Waals surface area contributed by atoms with Crippen molar-refractivity contribution in [2.75, 3.05) is 0 Å². The quantitative estimate of drug-likeness (QED) is 0.325. The summed E-state index contributed by atoms with van der Waals surface area (Å²) in [5, 5.41) is 30.6. The van der Waals surface area contributed by atoms with Crippen molar-refractivity contribution in [2.24, 2.45) is 0 Å². The second-order valence-corrected chi connectivity index (χ2v) is 7.17. The summed E-state index contributed by atoms with van der Waals surface area (Å²) in [6.45, 7) is 3.03. The molecule has 0 amide bonds. The van der Waals surface area contributed by atoms with E-state index in [4.69, 9.17) is 0 Å². The standard InChI is InChI=1S/C19H14F2N6O5/c1-9(24-15-5-13(20)17(26(29)30)3-11(15)7-22-24)19(28)10(2)25-16-6-14(21)18(27(31)32)4-12(16)8-23-25/h3-10H,1-2H3. The molecule has 0 bridgehead atoms. The zero-order valence-electron chi connectivity index (χ0n) is 16.6. The fourth-order valence-corrected chi connectivity index (χ4v) is 3.60. The van der Waals surface area contributed by atoms with Gasteiger partial charge in [-0.25, -0.2) is 0 Å². The lowest BCUT2D eigenvalue weighted by atomic mass is 10.1. The van der Waals surface area contributed by atoms with Gasteiger partial charge in [-0.15, -0.1) is 0 Å². The lowest BCUT2D eigenvalue weighted by Gasteiger charge is -2.18. The van der Waals surface area contributed by atoms with E-state index in [9.17, 15) is 33.8 Å². The van der Waals surface area contributed by atoms with Crippen LogP contribution in [0.2, 0.25) is 0 Å². The third kappa shape index (κ3) is 3.23. The largest absolute Gasteiger partial charge is 0.305 e. The summed E-state index contributed by atoms with van der Waals surface area (Å²) < 4.78 is 30.7. The lowest BCUT2D eigenvalue weighted by molar-refractivity contribution is -0.387. The van der Waals surface area contributed by atoms with Crippen LogP contribution < -0.4 is 0 Å². The van der Waals surface area contributed by atoms with Gasteiger partial charge in [0.1, 0.15) is 12.1 Å². The Balaban J connectivity index is 1.70. The highest BCUT2D eigenvalue weighted by atomic mass is 19.1. The molecule has 0 aliphatic rings. The Bertz CT molecular complexity index is 1320. The summed E-state index contributed by atoms with van der Waals surface area (Å²) in [6, 6.07) is 2.09. The molecule has 0 fully saturated rings. The normalized spacial score (nSPS) is 13.4. The Labute approximate surface area is 177 Å². The predicted octanol–water partition coefficient (Wildman–Crippen LogP) is 3.87. The fourth-order valence-electron chi connectivity index (χ4n) is 3.60. The van der Waals surface area contributed by atoms with Gasteiger partial charge in [0.25, 0.3) is 0 Å². The molecule has 0 N–H and O–H groups in total. The zero-order valence-corrected chi connectivity index (χ0v) is 16.6. The molecule has 4 rings (SSSR count). The number of carbonyl (C=O) groups is 1. The molecule has 4 aromatic rings. The number of hydrogen-bond donors (Lipinski definition) is 0. The van der Waals surface area contributed by atoms with Crippen LogP contribution in [0.5, 0.6) is 0 Å². The number of nitrogens with zero attached hydrogens (tertiary/aromatic N) is 6. The third-order valence-corrected chi connectivity index (χ3v) is 5.28. The van der Waals surface area contributed by atoms with E-state index < -0.39 is 50.7 Å². The second kappa shape index (κ2) is 7.44. The van der Waals surface area contributed by atoms with Crippen molar-refractivity contribution in [2.45, 2.75) is 25.9 Å². The van der Waals surface area contributed by atoms with Crippen LogP contribution >= 0.6 is 0 Å². The van der Waals surface area contributed by atoms with Crippen LogP contribution in [0.15, 0.2) is 36.7 Å². The number of fused-ring (bicyclic) bond motifs is 2. The number of hydrogen-bond acceptors (Lipinski definition) is 7. The first-order chi connectivity index (χ1) is 15.1. The van der Waals surface area contributed by atoms with Crippen LogP contribution in [-0.4, -0.2) is 35.2 Å². The van der Waals surface area contributed by atoms with Crippen molar-refractivity contribution >= 4 is 39.0 Å². The fraction of sp³-hybridized carbons (Fsp3) is 0.211. The Morgan fingerprint density at radius 1 is 0.844 bits per heavy atom. The average molecular weight is 444 g/mol. The monoisotopic (exact) mass is 444 g/mol. The molecule has 2 heterocycles. The van der Waals surface area contributed by atoms with E-state index in [-0.39, 0.29) is 21.8 Å². The Morgan fingerprint density at radius 3 is 1.56 bits per heavy atom. The van der Waals surface area contributed by atoms with Gasteiger partial charge >= 0.3 is 11.4 Å². The number of halogens is 2. The molecule has 2 atom stereocenters. The van der Waals surface area contributed by atoms with Gasteiger partial charge in [0.15, 0.2) is 5.78 Å². The maximum absolute atomic E-state index is 14.1. The number of nitro groups is 2. The van der Waals surface area contributed by atoms with E-state index in [0.717, 1.165) is 24.3 Å². The second-order valence-electron chi connectivity index (χ2n) is 7.17. The number of rotatable bonds is 6. The molecule has 0 saturated carbocycles. The van der Waals surface area contributed by atoms with E-state index in [2.05, 4.69) is 10.2 Å². The Morgan fingerprint density at radius 2 is 1.22 bits per heavy atom. The zero-order chi connectivity index (χ0) is 23.3. The minimum atomic E-state index is -1.06. The van der Waals surface area contributed by atoms with Crippen LogP contribution in [0.3, 0.4) is 0 Å². The van der Waals surface area contributed by atoms with E-state index in [1.54, 1.807) is 0 Å². The molecule has 2 aromatic carbocycles. The van der Waals surface area contributed by atoms with Crippen molar-refractivity contribution < 1.29 is 23.4 Å². The summed E-state index contributed by atoms with van der Waals surface area (Å²) in [4.78, 5) is 33.3. The summed E-state index contributed by atoms with van der Waals surface area (Å²) in [5.74, 6) is -2.54. The highest BCUT2D eigenvalue weighted by molar-refractivity contribution is 5.90. The number of ketones is 1. The Kier molecular flexibility index (Phi) is 4.87. The van der Waals surface area contributed by atoms with Gasteiger partial charge < -0.3 is 0 Å². The molecule has 0 radical (unpaired) electrons. The summed E-state index contributed by atoms with van der Waals surface area (Å²) in [7, 11) is 0. The van der Waals surface area contributed by atoms with E-state index in [1.165, 1.54) is 35.6 Å². The number of aromatic nitrogens is 4. The van der Waals surface area contributed by atoms with Gasteiger partial charge in [-0.05, 0) is 13.8 Å². The highest BCUT2D eigenvalue weighted by Crippen LogP contribution is 2.30. The molecular formula is C19H14F2N6O5. The number of Topliss-reactive ketones (excluding diaryl/α,β-unsaturated/α-hetero) is 1. The van der Waals surface area contributed by atoms with Gasteiger partial charge in [-0.3, -0.25) is 34.4 Å². The highest BCUT2D eigenvalue weighted by Gasteiger charge is 2.28. The van der Waals surface area contributed by atoms with Crippen LogP contribution in [0.1, 0.15) is 25.9 Å². The van der Waals surface area contributed by atoms with Gasteiger partial charge in [0.05, 0.1) is 33.3 Å². The molecular weight excluding hydrogens is 430 g/mol. The SMILES string of the molecule is CC(C(=O)C(C)n1ncc2cc([N+](=O)[O-])c(F)cc21)n1ncc2cc([N+](=O)[O-])c(F)cc21. The summed E-state index contributed by atoms with van der Waals surface area (Å²) in [5.41, 5.74) is -1.03. The van der Waals surface area contributed by atoms with Crippen molar-refractivity contribution in [3.8, 4) is 0 Å². The summed E-state index contributed by atoms with van der Waals surface area (Å²) in [6.07, 6.45) is 2.57. The molecule has 0 aliphatic carbocycles. The molecule has 0 spiro atoms. The molecule has 164 valence electrons. The smallest absolute Gasteiger partial charge is 0.295 e. The maximum atomic E-state index is 14.1. The van der Waals surface area contributed by atoms with Crippen LogP contribution in [0, 0.1) is 31.9 Å². The van der Waals surface area contributed by atoms with Crippen molar-refractivity contribution in [3.63, 3.8) is 0 Å². The van der Waals surface area contributed by atoms with Gasteiger partial charge in [-0.2, -0.15) is 19.0 Å². The minimum Gasteiger partial charge on any atom is -0.295 e. The van der Waals surface area contributed by atoms with Crippen molar-refractivity contribution in [1.82, 2.24) is 19.6 Å². The molecule has 13 heteroatoms. The van der Waals surface area contributed by atoms with Crippen molar-refractivity contribution in [3.05, 3.63) is 68.5 Å². The average Bonchev–Trinajstić information content (AvgIpc) is 3.33. The Hall–Kier alpha value is -4.29. The van der Waals surface area contributed by atoms with Gasteiger partial charge in [0, 0.05) is 35.0 Å². The third-order valence-electron chi connectivity index (χ3n) is 5.28. The number of benzene rings is 2. The predicted molar refractivity (Wildman–Crippen MR) is 107 cm³/mol. The van der Waals surface area contributed by atoms with Crippen LogP contribution in [0.4, 0.5) is 20.2 Å². The van der Waals surface area contributed by atoms with Crippen LogP contribution in [0.25, 0.3) is 21.8 Å². The molecule has 32 heavy (non-hydrogen) atoms. The van der Waals surface area contributed by atoms with Crippen LogP contribution in [-0.2, 0) is 4.79 Å².